The molecule has 0 unspecified atom stereocenters. The van der Waals surface area contributed by atoms with Crippen LogP contribution in [-0.2, 0) is 24.1 Å². The summed E-state index contributed by atoms with van der Waals surface area (Å²) in [6, 6.07) is 7.27. The first-order valence-electron chi connectivity index (χ1n) is 12.6. The fraction of sp³-hybridized carbons (Fsp3) is 0.393. The highest BCUT2D eigenvalue weighted by Crippen LogP contribution is 2.31. The number of ketones is 1. The Balaban J connectivity index is 1.37. The third-order valence-electron chi connectivity index (χ3n) is 6.70. The van der Waals surface area contributed by atoms with E-state index < -0.39 is 5.82 Å². The molecule has 2 aromatic heterocycles. The predicted molar refractivity (Wildman–Crippen MR) is 149 cm³/mol. The Bertz CT molecular complexity index is 1390. The lowest BCUT2D eigenvalue weighted by molar-refractivity contribution is 0.0738. The topological polar surface area (TPSA) is 57.0 Å². The smallest absolute Gasteiger partial charge is 0.188 e. The summed E-state index contributed by atoms with van der Waals surface area (Å²) < 4.78 is 24.4. The van der Waals surface area contributed by atoms with Crippen molar-refractivity contribution in [1.29, 1.82) is 0 Å². The van der Waals surface area contributed by atoms with Gasteiger partial charge in [-0.3, -0.25) is 4.79 Å². The van der Waals surface area contributed by atoms with Crippen LogP contribution in [-0.4, -0.2) is 33.5 Å². The van der Waals surface area contributed by atoms with E-state index in [1.807, 2.05) is 28.3 Å². The number of thiazole rings is 1. The van der Waals surface area contributed by atoms with Crippen molar-refractivity contribution in [2.24, 2.45) is 5.92 Å². The fourth-order valence-electron chi connectivity index (χ4n) is 4.44. The molecule has 2 aromatic carbocycles. The third kappa shape index (κ3) is 6.66. The molecular weight excluding hydrogens is 577 g/mol. The van der Waals surface area contributed by atoms with Gasteiger partial charge in [0.25, 0.3) is 0 Å². The number of imidazole rings is 1. The molecule has 1 aliphatic rings. The number of hydrogen-bond acceptors (Lipinski definition) is 5. The van der Waals surface area contributed by atoms with E-state index in [2.05, 4.69) is 25.9 Å². The quantitative estimate of drug-likeness (QED) is 0.116. The van der Waals surface area contributed by atoms with Crippen molar-refractivity contribution < 1.29 is 13.9 Å². The molecule has 0 N–H and O–H groups in total. The van der Waals surface area contributed by atoms with Crippen molar-refractivity contribution in [3.8, 4) is 0 Å². The molecule has 0 radical (unpaired) electrons. The maximum atomic E-state index is 15.9. The van der Waals surface area contributed by atoms with Crippen LogP contribution >= 0.6 is 38.9 Å². The Labute approximate surface area is 233 Å². The van der Waals surface area contributed by atoms with E-state index in [0.717, 1.165) is 53.6 Å². The largest absolute Gasteiger partial charge is 0.373 e. The number of benzene rings is 2. The molecule has 0 saturated heterocycles. The van der Waals surface area contributed by atoms with E-state index in [-0.39, 0.29) is 24.3 Å². The SMILES string of the molecule is O=C(COCC1CC1)c1cc2c(ncn2CCCCCc2nccs2)c(F)c1Cc1ccc(Br)cc1Cl. The lowest BCUT2D eigenvalue weighted by Crippen LogP contribution is -2.15. The van der Waals surface area contributed by atoms with Crippen molar-refractivity contribution in [3.05, 3.63) is 79.2 Å². The van der Waals surface area contributed by atoms with E-state index in [1.54, 1.807) is 29.8 Å². The van der Waals surface area contributed by atoms with Crippen molar-refractivity contribution in [3.63, 3.8) is 0 Å². The van der Waals surface area contributed by atoms with Crippen molar-refractivity contribution in [2.75, 3.05) is 13.2 Å². The van der Waals surface area contributed by atoms with Gasteiger partial charge in [-0.2, -0.15) is 0 Å². The van der Waals surface area contributed by atoms with Gasteiger partial charge < -0.3 is 9.30 Å². The summed E-state index contributed by atoms with van der Waals surface area (Å²) in [5.74, 6) is -0.143. The van der Waals surface area contributed by atoms with E-state index in [4.69, 9.17) is 16.3 Å². The Morgan fingerprint density at radius 2 is 2.08 bits per heavy atom. The Morgan fingerprint density at radius 3 is 2.84 bits per heavy atom. The summed E-state index contributed by atoms with van der Waals surface area (Å²) in [5.41, 5.74) is 2.31. The number of unbranched alkanes of at least 4 members (excludes halogenated alkanes) is 2. The van der Waals surface area contributed by atoms with Crippen LogP contribution in [0.25, 0.3) is 11.0 Å². The van der Waals surface area contributed by atoms with Crippen LogP contribution in [0.3, 0.4) is 0 Å². The number of aromatic nitrogens is 3. The fourth-order valence-corrected chi connectivity index (χ4v) is 5.85. The standard InChI is InChI=1S/C28H28BrClFN3O2S/c29-20-8-7-19(23(30)13-20)12-22-21(25(35)16-36-15-18-5-6-18)14-24-28(27(22)31)33-17-34(24)10-3-1-2-4-26-32-9-11-37-26/h7-9,11,13-14,17-18H,1-6,10,12,15-16H2. The molecule has 1 aliphatic carbocycles. The number of halogens is 3. The number of rotatable bonds is 13. The summed E-state index contributed by atoms with van der Waals surface area (Å²) in [7, 11) is 0. The summed E-state index contributed by atoms with van der Waals surface area (Å²) in [6.07, 6.45) is 9.97. The lowest BCUT2D eigenvalue weighted by Gasteiger charge is -2.14. The second kappa shape index (κ2) is 12.2. The molecule has 37 heavy (non-hydrogen) atoms. The number of hydrogen-bond donors (Lipinski definition) is 0. The second-order valence-electron chi connectivity index (χ2n) is 9.55. The zero-order valence-corrected chi connectivity index (χ0v) is 23.5. The monoisotopic (exact) mass is 603 g/mol. The minimum absolute atomic E-state index is 0.0621. The number of nitrogens with zero attached hydrogens (tertiary/aromatic N) is 3. The molecule has 0 spiro atoms. The maximum Gasteiger partial charge on any atom is 0.188 e. The van der Waals surface area contributed by atoms with E-state index in [9.17, 15) is 4.79 Å². The number of carbonyl (C=O) groups is 1. The van der Waals surface area contributed by atoms with E-state index in [1.165, 1.54) is 0 Å². The molecule has 1 fully saturated rings. The van der Waals surface area contributed by atoms with Gasteiger partial charge in [-0.15, -0.1) is 11.3 Å². The summed E-state index contributed by atoms with van der Waals surface area (Å²) in [5, 5.41) is 3.66. The molecule has 2 heterocycles. The minimum atomic E-state index is -0.468. The van der Waals surface area contributed by atoms with Crippen molar-refractivity contribution >= 4 is 55.7 Å². The molecule has 1 saturated carbocycles. The molecule has 0 atom stereocenters. The van der Waals surface area contributed by atoms with Gasteiger partial charge in [0.2, 0.25) is 0 Å². The third-order valence-corrected chi connectivity index (χ3v) is 8.38. The van der Waals surface area contributed by atoms with E-state index in [0.29, 0.717) is 40.7 Å². The van der Waals surface area contributed by atoms with Crippen LogP contribution in [0.15, 0.2) is 46.6 Å². The normalized spacial score (nSPS) is 13.5. The van der Waals surface area contributed by atoms with Gasteiger partial charge in [0.1, 0.15) is 12.1 Å². The first-order chi connectivity index (χ1) is 18.0. The molecule has 5 nitrogen and oxygen atoms in total. The Kier molecular flexibility index (Phi) is 8.70. The molecule has 0 aliphatic heterocycles. The van der Waals surface area contributed by atoms with Gasteiger partial charge in [-0.25, -0.2) is 14.4 Å². The molecule has 0 amide bonds. The van der Waals surface area contributed by atoms with E-state index >= 15 is 4.39 Å². The maximum absolute atomic E-state index is 15.9. The number of carbonyl (C=O) groups excluding carboxylic acids is 1. The highest BCUT2D eigenvalue weighted by molar-refractivity contribution is 9.10. The van der Waals surface area contributed by atoms with Gasteiger partial charge in [0.05, 0.1) is 23.5 Å². The number of aryl methyl sites for hydroxylation is 2. The molecular formula is C28H28BrClFN3O2S. The average molecular weight is 605 g/mol. The highest BCUT2D eigenvalue weighted by atomic mass is 79.9. The summed E-state index contributed by atoms with van der Waals surface area (Å²) in [4.78, 5) is 22.0. The molecule has 5 rings (SSSR count). The van der Waals surface area contributed by atoms with Crippen LogP contribution in [0, 0.1) is 11.7 Å². The van der Waals surface area contributed by atoms with Crippen LogP contribution in [0.4, 0.5) is 4.39 Å². The van der Waals surface area contributed by atoms with Gasteiger partial charge in [0, 0.05) is 45.2 Å². The molecule has 194 valence electrons. The van der Waals surface area contributed by atoms with Crippen molar-refractivity contribution in [2.45, 2.75) is 51.5 Å². The van der Waals surface area contributed by atoms with Crippen LogP contribution < -0.4 is 0 Å². The van der Waals surface area contributed by atoms with Crippen LogP contribution in [0.2, 0.25) is 5.02 Å². The molecule has 4 aromatic rings. The number of ether oxygens (including phenoxy) is 1. The highest BCUT2D eigenvalue weighted by Gasteiger charge is 2.25. The molecule has 0 bridgehead atoms. The van der Waals surface area contributed by atoms with Crippen LogP contribution in [0.1, 0.15) is 58.6 Å². The van der Waals surface area contributed by atoms with Gasteiger partial charge in [0.15, 0.2) is 11.6 Å². The average Bonchev–Trinajstić information content (AvgIpc) is 3.38. The summed E-state index contributed by atoms with van der Waals surface area (Å²) >= 11 is 11.5. The van der Waals surface area contributed by atoms with Crippen molar-refractivity contribution in [1.82, 2.24) is 14.5 Å². The predicted octanol–water partition coefficient (Wildman–Crippen LogP) is 7.66. The first kappa shape index (κ1) is 26.5. The Morgan fingerprint density at radius 1 is 1.22 bits per heavy atom. The second-order valence-corrected chi connectivity index (χ2v) is 11.9. The number of fused-ring (bicyclic) bond motifs is 1. The van der Waals surface area contributed by atoms with Gasteiger partial charge in [-0.05, 0) is 61.8 Å². The molecule has 9 heteroatoms. The number of Topliss-reactive ketones (excluding diaryl/α,β-unsaturated/α-hetero) is 1. The van der Waals surface area contributed by atoms with Gasteiger partial charge in [-0.1, -0.05) is 40.0 Å². The van der Waals surface area contributed by atoms with Gasteiger partial charge >= 0.3 is 0 Å². The zero-order valence-electron chi connectivity index (χ0n) is 20.4. The first-order valence-corrected chi connectivity index (χ1v) is 14.6. The lowest BCUT2D eigenvalue weighted by atomic mass is 9.95. The minimum Gasteiger partial charge on any atom is -0.373 e. The Hall–Kier alpha value is -2.13. The van der Waals surface area contributed by atoms with Crippen LogP contribution in [0.5, 0.6) is 0 Å². The zero-order chi connectivity index (χ0) is 25.8. The summed E-state index contributed by atoms with van der Waals surface area (Å²) in [6.45, 7) is 1.22.